The highest BCUT2D eigenvalue weighted by Gasteiger charge is 2.32. The molecule has 5 aromatic rings. The van der Waals surface area contributed by atoms with Crippen LogP contribution in [0.1, 0.15) is 11.1 Å². The van der Waals surface area contributed by atoms with Crippen LogP contribution in [0.5, 0.6) is 11.5 Å². The lowest BCUT2D eigenvalue weighted by molar-refractivity contribution is 0.482. The minimum atomic E-state index is 0.350. The predicted octanol–water partition coefficient (Wildman–Crippen LogP) is 8.48. The Hall–Kier alpha value is -5.52. The molecular weight excluding hydrogens is 456 g/mol. The average molecular weight is 477 g/mol. The first-order chi connectivity index (χ1) is 18.3. The minimum absolute atomic E-state index is 0.350. The number of hydrogen-bond donors (Lipinski definition) is 0. The molecule has 0 N–H and O–H groups in total. The van der Waals surface area contributed by atoms with Crippen molar-refractivity contribution < 1.29 is 4.74 Å². The van der Waals surface area contributed by atoms with Gasteiger partial charge in [0.2, 0.25) is 0 Å². The average Bonchev–Trinajstić information content (AvgIpc) is 2.96. The Morgan fingerprint density at radius 1 is 0.486 bits per heavy atom. The Bertz CT molecular complexity index is 1600. The van der Waals surface area contributed by atoms with Crippen LogP contribution in [0.2, 0.25) is 0 Å². The second-order valence-corrected chi connectivity index (χ2v) is 8.49. The first-order valence-electron chi connectivity index (χ1n) is 11.8. The van der Waals surface area contributed by atoms with Gasteiger partial charge in [-0.3, -0.25) is 0 Å². The van der Waals surface area contributed by atoms with Gasteiger partial charge < -0.3 is 14.5 Å². The van der Waals surface area contributed by atoms with Gasteiger partial charge in [-0.1, -0.05) is 60.7 Å². The summed E-state index contributed by atoms with van der Waals surface area (Å²) in [6.07, 6.45) is 0. The lowest BCUT2D eigenvalue weighted by atomic mass is 10.0. The topological polar surface area (TPSA) is 63.3 Å². The molecule has 0 aromatic heterocycles. The number of benzene rings is 5. The lowest BCUT2D eigenvalue weighted by Gasteiger charge is -2.40. The summed E-state index contributed by atoms with van der Waals surface area (Å²) in [5.74, 6) is 1.07. The zero-order valence-electron chi connectivity index (χ0n) is 19.7. The molecule has 5 nitrogen and oxygen atoms in total. The maximum absolute atomic E-state index is 10.2. The van der Waals surface area contributed by atoms with Crippen LogP contribution < -0.4 is 14.5 Å². The Labute approximate surface area is 215 Å². The predicted molar refractivity (Wildman–Crippen MR) is 145 cm³/mol. The Balaban J connectivity index is 1.57. The van der Waals surface area contributed by atoms with Crippen LogP contribution in [-0.4, -0.2) is 0 Å². The van der Waals surface area contributed by atoms with Gasteiger partial charge in [-0.2, -0.15) is 10.5 Å². The fourth-order valence-corrected chi connectivity index (χ4v) is 4.74. The van der Waals surface area contributed by atoms with Gasteiger partial charge in [0.25, 0.3) is 0 Å². The molecule has 0 atom stereocenters. The number of para-hydroxylation sites is 6. The molecule has 0 unspecified atom stereocenters. The summed E-state index contributed by atoms with van der Waals surface area (Å²) in [5, 5.41) is 20.5. The van der Waals surface area contributed by atoms with Gasteiger partial charge in [0, 0.05) is 17.8 Å². The number of ether oxygens (including phenoxy) is 1. The zero-order chi connectivity index (χ0) is 25.2. The van der Waals surface area contributed by atoms with Crippen molar-refractivity contribution in [2.75, 3.05) is 9.80 Å². The van der Waals surface area contributed by atoms with Crippen LogP contribution in [0, 0.1) is 22.7 Å². The maximum Gasteiger partial charge on any atom is 0.130 e. The normalized spacial score (nSPS) is 11.6. The van der Waals surface area contributed by atoms with Gasteiger partial charge in [0.1, 0.15) is 23.6 Å². The second kappa shape index (κ2) is 9.26. The molecule has 0 bridgehead atoms. The summed E-state index contributed by atoms with van der Waals surface area (Å²) >= 11 is 0. The Morgan fingerprint density at radius 2 is 0.919 bits per heavy atom. The molecule has 1 aliphatic heterocycles. The van der Waals surface area contributed by atoms with Crippen molar-refractivity contribution in [2.24, 2.45) is 0 Å². The van der Waals surface area contributed by atoms with E-state index < -0.39 is 0 Å². The number of fused-ring (bicyclic) bond motifs is 2. The summed E-state index contributed by atoms with van der Waals surface area (Å²) in [4.78, 5) is 4.21. The van der Waals surface area contributed by atoms with Crippen LogP contribution in [-0.2, 0) is 0 Å². The third-order valence-electron chi connectivity index (χ3n) is 6.27. The maximum atomic E-state index is 10.2. The van der Waals surface area contributed by atoms with Gasteiger partial charge in [0.05, 0.1) is 39.6 Å². The van der Waals surface area contributed by atoms with E-state index in [1.54, 1.807) is 12.1 Å². The molecule has 0 saturated heterocycles. The number of nitriles is 2. The first kappa shape index (κ1) is 22.0. The standard InChI is InChI=1S/C32H20N4O/c33-21-23-19-27(37-26-13-5-2-6-14-26)20-24(22-34)32(23)36-30-17-9-7-15-28(30)35(25-11-3-1-4-12-25)29-16-8-10-18-31(29)36/h1-20H. The van der Waals surface area contributed by atoms with Gasteiger partial charge in [-0.15, -0.1) is 0 Å². The molecule has 1 aliphatic rings. The third kappa shape index (κ3) is 3.82. The van der Waals surface area contributed by atoms with E-state index >= 15 is 0 Å². The lowest BCUT2D eigenvalue weighted by Crippen LogP contribution is -2.25. The van der Waals surface area contributed by atoms with Gasteiger partial charge >= 0.3 is 0 Å². The van der Waals surface area contributed by atoms with E-state index in [9.17, 15) is 10.5 Å². The Morgan fingerprint density at radius 3 is 1.41 bits per heavy atom. The highest BCUT2D eigenvalue weighted by atomic mass is 16.5. The van der Waals surface area contributed by atoms with Crippen molar-refractivity contribution in [1.82, 2.24) is 0 Å². The van der Waals surface area contributed by atoms with Crippen LogP contribution in [0.25, 0.3) is 0 Å². The molecule has 0 spiro atoms. The van der Waals surface area contributed by atoms with Gasteiger partial charge in [0.15, 0.2) is 0 Å². The number of rotatable bonds is 4. The summed E-state index contributed by atoms with van der Waals surface area (Å²) in [5.41, 5.74) is 5.89. The van der Waals surface area contributed by atoms with Gasteiger partial charge in [-0.05, 0) is 48.5 Å². The molecule has 174 valence electrons. The smallest absolute Gasteiger partial charge is 0.130 e. The van der Waals surface area contributed by atoms with Crippen LogP contribution >= 0.6 is 0 Å². The SMILES string of the molecule is N#Cc1cc(Oc2ccccc2)cc(C#N)c1N1c2ccccc2N(c2ccccc2)c2ccccc21. The highest BCUT2D eigenvalue weighted by Crippen LogP contribution is 2.55. The molecule has 0 amide bonds. The third-order valence-corrected chi connectivity index (χ3v) is 6.27. The molecular formula is C32H20N4O. The molecule has 0 saturated carbocycles. The monoisotopic (exact) mass is 476 g/mol. The number of anilines is 6. The van der Waals surface area contributed by atoms with E-state index in [4.69, 9.17) is 4.74 Å². The summed E-state index contributed by atoms with van der Waals surface area (Å²) in [6.45, 7) is 0. The molecule has 0 radical (unpaired) electrons. The van der Waals surface area contributed by atoms with Crippen molar-refractivity contribution in [3.8, 4) is 23.6 Å². The van der Waals surface area contributed by atoms with E-state index in [0.29, 0.717) is 28.3 Å². The molecule has 37 heavy (non-hydrogen) atoms. The fourth-order valence-electron chi connectivity index (χ4n) is 4.74. The number of nitrogens with zero attached hydrogens (tertiary/aromatic N) is 4. The van der Waals surface area contributed by atoms with Crippen molar-refractivity contribution in [3.05, 3.63) is 132 Å². The largest absolute Gasteiger partial charge is 0.457 e. The van der Waals surface area contributed by atoms with Crippen LogP contribution in [0.4, 0.5) is 34.1 Å². The molecule has 6 rings (SSSR count). The minimum Gasteiger partial charge on any atom is -0.457 e. The van der Waals surface area contributed by atoms with E-state index in [0.717, 1.165) is 28.4 Å². The van der Waals surface area contributed by atoms with Gasteiger partial charge in [-0.25, -0.2) is 0 Å². The van der Waals surface area contributed by atoms with Crippen LogP contribution in [0.15, 0.2) is 121 Å². The summed E-state index contributed by atoms with van der Waals surface area (Å²) in [7, 11) is 0. The molecule has 5 aromatic carbocycles. The number of hydrogen-bond acceptors (Lipinski definition) is 5. The van der Waals surface area contributed by atoms with E-state index in [1.165, 1.54) is 0 Å². The van der Waals surface area contributed by atoms with E-state index in [-0.39, 0.29) is 0 Å². The first-order valence-corrected chi connectivity index (χ1v) is 11.8. The molecule has 5 heteroatoms. The van der Waals surface area contributed by atoms with E-state index in [1.807, 2.05) is 89.8 Å². The van der Waals surface area contributed by atoms with E-state index in [2.05, 4.69) is 41.3 Å². The van der Waals surface area contributed by atoms with Crippen molar-refractivity contribution in [3.63, 3.8) is 0 Å². The fraction of sp³-hybridized carbons (Fsp3) is 0. The molecule has 0 aliphatic carbocycles. The summed E-state index contributed by atoms with van der Waals surface area (Å²) < 4.78 is 5.99. The van der Waals surface area contributed by atoms with Crippen molar-refractivity contribution in [1.29, 1.82) is 10.5 Å². The highest BCUT2D eigenvalue weighted by molar-refractivity contribution is 6.02. The molecule has 0 fully saturated rings. The van der Waals surface area contributed by atoms with Crippen LogP contribution in [0.3, 0.4) is 0 Å². The second-order valence-electron chi connectivity index (χ2n) is 8.49. The Kier molecular flexibility index (Phi) is 5.50. The van der Waals surface area contributed by atoms with Crippen molar-refractivity contribution in [2.45, 2.75) is 0 Å². The van der Waals surface area contributed by atoms with Crippen molar-refractivity contribution >= 4 is 34.1 Å². The summed E-state index contributed by atoms with van der Waals surface area (Å²) in [6, 6.07) is 43.5. The molecule has 1 heterocycles. The zero-order valence-corrected chi connectivity index (χ0v) is 19.7. The quantitative estimate of drug-likeness (QED) is 0.255.